The Morgan fingerprint density at radius 3 is 2.54 bits per heavy atom. The van der Waals surface area contributed by atoms with Crippen molar-refractivity contribution in [1.29, 1.82) is 0 Å². The summed E-state index contributed by atoms with van der Waals surface area (Å²) in [4.78, 5) is 31.5. The lowest BCUT2D eigenvalue weighted by Gasteiger charge is -2.38. The molecule has 2 fully saturated rings. The van der Waals surface area contributed by atoms with Gasteiger partial charge in [0.25, 0.3) is 5.91 Å². The Balaban J connectivity index is 1.38. The molecule has 0 aliphatic carbocycles. The SMILES string of the molecule is O=C(c1cc2ccccc2oc1=O)N1C2CCC1CC(Oc1ccncc1)C2. The largest absolute Gasteiger partial charge is 0.490 e. The topological polar surface area (TPSA) is 72.6 Å². The van der Waals surface area contributed by atoms with Crippen LogP contribution in [-0.4, -0.2) is 34.0 Å². The van der Waals surface area contributed by atoms with E-state index >= 15 is 0 Å². The standard InChI is InChI=1S/C22H20N2O4/c25-21(19-11-14-3-1-2-4-20(14)28-22(19)26)24-15-5-6-16(24)13-18(12-15)27-17-7-9-23-10-8-17/h1-4,7-11,15-16,18H,5-6,12-13H2. The van der Waals surface area contributed by atoms with E-state index in [0.717, 1.165) is 36.8 Å². The summed E-state index contributed by atoms with van der Waals surface area (Å²) in [5.41, 5.74) is 0.0406. The summed E-state index contributed by atoms with van der Waals surface area (Å²) in [5, 5.41) is 0.758. The number of hydrogen-bond acceptors (Lipinski definition) is 5. The maximum Gasteiger partial charge on any atom is 0.349 e. The second-order valence-corrected chi connectivity index (χ2v) is 7.48. The first kappa shape index (κ1) is 17.0. The number of hydrogen-bond donors (Lipinski definition) is 0. The fourth-order valence-corrected chi connectivity index (χ4v) is 4.51. The molecule has 28 heavy (non-hydrogen) atoms. The van der Waals surface area contributed by atoms with Gasteiger partial charge in [0.05, 0.1) is 0 Å². The fourth-order valence-electron chi connectivity index (χ4n) is 4.51. The van der Waals surface area contributed by atoms with Crippen molar-refractivity contribution in [2.75, 3.05) is 0 Å². The van der Waals surface area contributed by atoms with Crippen LogP contribution in [-0.2, 0) is 0 Å². The van der Waals surface area contributed by atoms with Crippen molar-refractivity contribution in [3.8, 4) is 5.75 Å². The number of pyridine rings is 1. The van der Waals surface area contributed by atoms with Gasteiger partial charge in [0.1, 0.15) is 23.0 Å². The summed E-state index contributed by atoms with van der Waals surface area (Å²) >= 11 is 0. The zero-order chi connectivity index (χ0) is 19.1. The predicted molar refractivity (Wildman–Crippen MR) is 103 cm³/mol. The van der Waals surface area contributed by atoms with Gasteiger partial charge in [-0.3, -0.25) is 9.78 Å². The molecule has 2 atom stereocenters. The molecule has 2 unspecified atom stereocenters. The van der Waals surface area contributed by atoms with Crippen LogP contribution in [0.2, 0.25) is 0 Å². The molecule has 6 nitrogen and oxygen atoms in total. The third-order valence-electron chi connectivity index (χ3n) is 5.75. The van der Waals surface area contributed by atoms with Crippen LogP contribution >= 0.6 is 0 Å². The quantitative estimate of drug-likeness (QED) is 0.655. The van der Waals surface area contributed by atoms with Crippen LogP contribution in [0.15, 0.2) is 64.1 Å². The highest BCUT2D eigenvalue weighted by Gasteiger charge is 2.44. The van der Waals surface area contributed by atoms with Gasteiger partial charge in [-0.2, -0.15) is 0 Å². The Kier molecular flexibility index (Phi) is 4.11. The van der Waals surface area contributed by atoms with Crippen LogP contribution in [0.5, 0.6) is 5.75 Å². The van der Waals surface area contributed by atoms with Gasteiger partial charge in [0.2, 0.25) is 0 Å². The van der Waals surface area contributed by atoms with Crippen LogP contribution in [0.4, 0.5) is 0 Å². The van der Waals surface area contributed by atoms with E-state index in [0.29, 0.717) is 5.58 Å². The van der Waals surface area contributed by atoms with Crippen molar-refractivity contribution in [1.82, 2.24) is 9.88 Å². The molecule has 0 spiro atoms. The number of nitrogens with zero attached hydrogens (tertiary/aromatic N) is 2. The number of aromatic nitrogens is 1. The summed E-state index contributed by atoms with van der Waals surface area (Å²) < 4.78 is 11.5. The molecule has 0 radical (unpaired) electrons. The summed E-state index contributed by atoms with van der Waals surface area (Å²) in [7, 11) is 0. The molecule has 5 rings (SSSR count). The predicted octanol–water partition coefficient (Wildman–Crippen LogP) is 3.40. The molecule has 1 aromatic carbocycles. The minimum atomic E-state index is -0.571. The molecular weight excluding hydrogens is 356 g/mol. The number of para-hydroxylation sites is 1. The lowest BCUT2D eigenvalue weighted by atomic mass is 9.98. The van der Waals surface area contributed by atoms with Crippen molar-refractivity contribution >= 4 is 16.9 Å². The summed E-state index contributed by atoms with van der Waals surface area (Å²) in [6, 6.07) is 12.8. The van der Waals surface area contributed by atoms with Gasteiger partial charge in [-0.1, -0.05) is 18.2 Å². The minimum absolute atomic E-state index is 0.0666. The maximum atomic E-state index is 13.2. The van der Waals surface area contributed by atoms with E-state index in [9.17, 15) is 9.59 Å². The number of amides is 1. The van der Waals surface area contributed by atoms with Gasteiger partial charge in [0, 0.05) is 42.7 Å². The van der Waals surface area contributed by atoms with Gasteiger partial charge < -0.3 is 14.1 Å². The minimum Gasteiger partial charge on any atom is -0.490 e. The smallest absolute Gasteiger partial charge is 0.349 e. The molecule has 2 aliphatic heterocycles. The average molecular weight is 376 g/mol. The van der Waals surface area contributed by atoms with Gasteiger partial charge in [-0.25, -0.2) is 4.79 Å². The van der Waals surface area contributed by atoms with Crippen molar-refractivity contribution in [2.45, 2.75) is 43.9 Å². The van der Waals surface area contributed by atoms with E-state index < -0.39 is 5.63 Å². The highest BCUT2D eigenvalue weighted by molar-refractivity contribution is 5.97. The van der Waals surface area contributed by atoms with Crippen LogP contribution < -0.4 is 10.4 Å². The van der Waals surface area contributed by atoms with Crippen LogP contribution in [0.3, 0.4) is 0 Å². The molecule has 142 valence electrons. The first-order valence-electron chi connectivity index (χ1n) is 9.61. The molecule has 4 heterocycles. The first-order chi connectivity index (χ1) is 13.7. The van der Waals surface area contributed by atoms with Crippen molar-refractivity contribution in [3.63, 3.8) is 0 Å². The molecule has 2 saturated heterocycles. The molecule has 3 aromatic rings. The Morgan fingerprint density at radius 2 is 1.79 bits per heavy atom. The van der Waals surface area contributed by atoms with E-state index in [1.54, 1.807) is 30.6 Å². The molecule has 2 aliphatic rings. The highest BCUT2D eigenvalue weighted by Crippen LogP contribution is 2.38. The Hall–Kier alpha value is -3.15. The Labute approximate surface area is 161 Å². The summed E-state index contributed by atoms with van der Waals surface area (Å²) in [5.74, 6) is 0.573. The monoisotopic (exact) mass is 376 g/mol. The zero-order valence-corrected chi connectivity index (χ0v) is 15.3. The number of rotatable bonds is 3. The molecule has 1 amide bonds. The average Bonchev–Trinajstić information content (AvgIpc) is 2.98. The van der Waals surface area contributed by atoms with E-state index in [2.05, 4.69) is 4.98 Å². The molecular formula is C22H20N2O4. The lowest BCUT2D eigenvalue weighted by Crippen LogP contribution is -2.50. The van der Waals surface area contributed by atoms with Crippen LogP contribution in [0, 0.1) is 0 Å². The van der Waals surface area contributed by atoms with Crippen molar-refractivity contribution < 1.29 is 13.9 Å². The molecule has 2 aromatic heterocycles. The van der Waals surface area contributed by atoms with E-state index in [1.165, 1.54) is 0 Å². The third-order valence-corrected chi connectivity index (χ3v) is 5.75. The maximum absolute atomic E-state index is 13.2. The second-order valence-electron chi connectivity index (χ2n) is 7.48. The van der Waals surface area contributed by atoms with Crippen molar-refractivity contribution in [2.24, 2.45) is 0 Å². The number of ether oxygens (including phenoxy) is 1. The van der Waals surface area contributed by atoms with Crippen LogP contribution in [0.25, 0.3) is 11.0 Å². The first-order valence-corrected chi connectivity index (χ1v) is 9.61. The highest BCUT2D eigenvalue weighted by atomic mass is 16.5. The second kappa shape index (κ2) is 6.78. The third kappa shape index (κ3) is 2.95. The number of piperidine rings is 1. The zero-order valence-electron chi connectivity index (χ0n) is 15.3. The molecule has 0 N–H and O–H groups in total. The van der Waals surface area contributed by atoms with Crippen LogP contribution in [0.1, 0.15) is 36.0 Å². The lowest BCUT2D eigenvalue weighted by molar-refractivity contribution is 0.0355. The molecule has 6 heteroatoms. The normalized spacial score (nSPS) is 23.7. The van der Waals surface area contributed by atoms with Gasteiger partial charge in [-0.05, 0) is 37.1 Å². The number of carbonyl (C=O) groups excluding carboxylic acids is 1. The number of fused-ring (bicyclic) bond motifs is 3. The molecule has 0 saturated carbocycles. The Morgan fingerprint density at radius 1 is 1.07 bits per heavy atom. The van der Waals surface area contributed by atoms with Gasteiger partial charge in [-0.15, -0.1) is 0 Å². The van der Waals surface area contributed by atoms with E-state index in [-0.39, 0.29) is 29.7 Å². The molecule has 2 bridgehead atoms. The number of carbonyl (C=O) groups is 1. The van der Waals surface area contributed by atoms with Gasteiger partial charge >= 0.3 is 5.63 Å². The summed E-state index contributed by atoms with van der Waals surface area (Å²) in [6.45, 7) is 0. The van der Waals surface area contributed by atoms with Crippen molar-refractivity contribution in [3.05, 3.63) is 70.8 Å². The number of benzene rings is 1. The van der Waals surface area contributed by atoms with Gasteiger partial charge in [0.15, 0.2) is 0 Å². The summed E-state index contributed by atoms with van der Waals surface area (Å²) in [6.07, 6.45) is 6.89. The van der Waals surface area contributed by atoms with E-state index in [1.807, 2.05) is 29.2 Å². The van der Waals surface area contributed by atoms with E-state index in [4.69, 9.17) is 9.15 Å². The Bertz CT molecular complexity index is 1060. The fraction of sp³-hybridized carbons (Fsp3) is 0.318.